The molecule has 0 spiro atoms. The summed E-state index contributed by atoms with van der Waals surface area (Å²) in [5.74, 6) is -3.01. The second-order valence-corrected chi connectivity index (χ2v) is 15.2. The van der Waals surface area contributed by atoms with Crippen molar-refractivity contribution in [3.8, 4) is 0 Å². The number of carbonyl (C=O) groups is 8. The Kier molecular flexibility index (Phi) is 41.2. The van der Waals surface area contributed by atoms with Crippen LogP contribution in [0.4, 0.5) is 0 Å². The SMILES string of the molecule is C=C(C)C(=O)NCC.C=C(C)C(=O)OCC(C)COC(=O)C(=C)C.C=CC(=O)NCC.C=CC(=O)OCC(C)COC(=O)C=C.CC(COC(=O)/C=C/c1ccccc1)COC(=O)/C=C/c1ccccc1. The molecule has 2 rings (SSSR count). The molecule has 388 valence electrons. The van der Waals surface area contributed by atoms with E-state index in [1.54, 1.807) is 39.8 Å². The highest BCUT2D eigenvalue weighted by Crippen LogP contribution is 2.06. The van der Waals surface area contributed by atoms with E-state index in [1.165, 1.54) is 18.2 Å². The summed E-state index contributed by atoms with van der Waals surface area (Å²) in [4.78, 5) is 87.5. The van der Waals surface area contributed by atoms with Gasteiger partial charge in [-0.1, -0.05) is 121 Å². The monoisotopic (exact) mass is 987 g/mol. The molecule has 2 aromatic carbocycles. The molecule has 2 amide bonds. The minimum Gasteiger partial charge on any atom is -0.462 e. The van der Waals surface area contributed by atoms with Crippen LogP contribution >= 0.6 is 0 Å². The van der Waals surface area contributed by atoms with E-state index in [2.05, 4.69) is 50.1 Å². The Morgan fingerprint density at radius 3 is 1.01 bits per heavy atom. The van der Waals surface area contributed by atoms with Crippen molar-refractivity contribution in [1.29, 1.82) is 0 Å². The second kappa shape index (κ2) is 43.4. The molecule has 0 unspecified atom stereocenters. The van der Waals surface area contributed by atoms with Gasteiger partial charge in [-0.3, -0.25) is 9.59 Å². The number of likely N-dealkylation sites (N-methyl/N-ethyl adjacent to an activating group) is 2. The fraction of sp³-hybridized carbons (Fsp3) is 0.345. The molecule has 0 aliphatic rings. The number of ether oxygens (including phenoxy) is 6. The molecular weight excluding hydrogens is 913 g/mol. The highest BCUT2D eigenvalue weighted by molar-refractivity contribution is 5.92. The minimum atomic E-state index is -0.480. The molecule has 0 saturated carbocycles. The smallest absolute Gasteiger partial charge is 0.333 e. The molecule has 0 bridgehead atoms. The van der Waals surface area contributed by atoms with Crippen molar-refractivity contribution in [3.05, 3.63) is 158 Å². The Labute approximate surface area is 420 Å². The summed E-state index contributed by atoms with van der Waals surface area (Å²) < 4.78 is 29.6. The third-order valence-corrected chi connectivity index (χ3v) is 7.75. The van der Waals surface area contributed by atoms with Crippen molar-refractivity contribution in [3.63, 3.8) is 0 Å². The molecule has 16 nitrogen and oxygen atoms in total. The van der Waals surface area contributed by atoms with Gasteiger partial charge in [-0.05, 0) is 64.0 Å². The van der Waals surface area contributed by atoms with Crippen LogP contribution in [0.1, 0.15) is 66.5 Å². The van der Waals surface area contributed by atoms with Crippen LogP contribution in [0.3, 0.4) is 0 Å². The average Bonchev–Trinajstić information content (AvgIpc) is 3.36. The van der Waals surface area contributed by atoms with Gasteiger partial charge >= 0.3 is 35.8 Å². The third-order valence-electron chi connectivity index (χ3n) is 7.75. The van der Waals surface area contributed by atoms with Gasteiger partial charge in [0, 0.05) is 71.9 Å². The zero-order valence-corrected chi connectivity index (χ0v) is 42.7. The van der Waals surface area contributed by atoms with Crippen LogP contribution in [0.2, 0.25) is 0 Å². The van der Waals surface area contributed by atoms with Gasteiger partial charge < -0.3 is 39.1 Å². The van der Waals surface area contributed by atoms with E-state index in [0.29, 0.717) is 29.8 Å². The standard InChI is InChI=1S/C22H22O4.C12H18O4.C10H14O4.C6H11NO.C5H9NO/c1-18(16-25-21(23)14-12-19-8-4-2-5-9-19)17-26-22(24)15-13-20-10-6-3-7-11-20;1-8(2)11(13)15-6-10(5)7-16-12(14)9(3)4;1-4-9(11)13-6-8(3)7-14-10(12)5-2;1-4-7-6(8)5(2)3;1-3-5(7)6-4-2/h2-15,18H,16-17H2,1H3;10H,1,3,6-7H2,2,4-5H3;4-5,8H,1-2,6-7H2,3H3;2,4H2,1,3H3,(H,7,8);3H,1,4H2,2H3,(H,6,7)/b14-12+,15-13+;;;;. The van der Waals surface area contributed by atoms with Crippen molar-refractivity contribution in [2.75, 3.05) is 52.7 Å². The van der Waals surface area contributed by atoms with Gasteiger partial charge in [-0.2, -0.15) is 0 Å². The molecule has 16 heteroatoms. The van der Waals surface area contributed by atoms with Crippen LogP contribution in [0.25, 0.3) is 12.2 Å². The molecule has 0 heterocycles. The molecule has 2 aromatic rings. The molecule has 0 saturated heterocycles. The predicted octanol–water partition coefficient (Wildman–Crippen LogP) is 8.08. The van der Waals surface area contributed by atoms with Crippen LogP contribution in [-0.4, -0.2) is 100 Å². The first-order valence-electron chi connectivity index (χ1n) is 22.4. The van der Waals surface area contributed by atoms with E-state index < -0.39 is 35.8 Å². The van der Waals surface area contributed by atoms with E-state index in [4.69, 9.17) is 28.4 Å². The van der Waals surface area contributed by atoms with Gasteiger partial charge in [-0.15, -0.1) is 0 Å². The number of rotatable bonds is 24. The lowest BCUT2D eigenvalue weighted by atomic mass is 10.2. The number of hydrogen-bond donors (Lipinski definition) is 2. The number of esters is 6. The van der Waals surface area contributed by atoms with E-state index in [9.17, 15) is 38.4 Å². The largest absolute Gasteiger partial charge is 0.462 e. The van der Waals surface area contributed by atoms with Crippen molar-refractivity contribution in [2.45, 2.75) is 55.4 Å². The maximum Gasteiger partial charge on any atom is 0.333 e. The first-order valence-corrected chi connectivity index (χ1v) is 22.4. The predicted molar refractivity (Wildman–Crippen MR) is 277 cm³/mol. The van der Waals surface area contributed by atoms with Crippen molar-refractivity contribution >= 4 is 59.8 Å². The zero-order valence-electron chi connectivity index (χ0n) is 42.7. The summed E-state index contributed by atoms with van der Waals surface area (Å²) >= 11 is 0. The number of carbonyl (C=O) groups excluding carboxylic acids is 8. The lowest BCUT2D eigenvalue weighted by molar-refractivity contribution is -0.145. The quantitative estimate of drug-likeness (QED) is 0.0578. The van der Waals surface area contributed by atoms with Gasteiger partial charge in [0.25, 0.3) is 0 Å². The van der Waals surface area contributed by atoms with Gasteiger partial charge in [0.05, 0.1) is 39.6 Å². The summed E-state index contributed by atoms with van der Waals surface area (Å²) in [5, 5.41) is 5.14. The average molecular weight is 987 g/mol. The zero-order chi connectivity index (χ0) is 54.6. The molecule has 0 aliphatic heterocycles. The first-order chi connectivity index (χ1) is 33.6. The summed E-state index contributed by atoms with van der Waals surface area (Å²) in [6, 6.07) is 19.0. The molecule has 0 atom stereocenters. The Morgan fingerprint density at radius 2 is 0.775 bits per heavy atom. The molecule has 71 heavy (non-hydrogen) atoms. The van der Waals surface area contributed by atoms with E-state index in [-0.39, 0.29) is 69.2 Å². The van der Waals surface area contributed by atoms with Crippen LogP contribution in [0, 0.1) is 17.8 Å². The number of benzene rings is 2. The topological polar surface area (TPSA) is 216 Å². The lowest BCUT2D eigenvalue weighted by Crippen LogP contribution is -2.22. The van der Waals surface area contributed by atoms with Crippen molar-refractivity contribution in [2.24, 2.45) is 17.8 Å². The van der Waals surface area contributed by atoms with Gasteiger partial charge in [0.1, 0.15) is 0 Å². The van der Waals surface area contributed by atoms with E-state index in [0.717, 1.165) is 23.3 Å². The number of nitrogens with one attached hydrogen (secondary N) is 2. The van der Waals surface area contributed by atoms with Gasteiger partial charge in [0.2, 0.25) is 11.8 Å². The summed E-state index contributed by atoms with van der Waals surface area (Å²) in [6.45, 7) is 36.7. The summed E-state index contributed by atoms with van der Waals surface area (Å²) in [6.07, 6.45) is 9.59. The Hall–Kier alpha value is -7.88. The maximum atomic E-state index is 11.7. The molecule has 0 aliphatic carbocycles. The van der Waals surface area contributed by atoms with E-state index in [1.807, 2.05) is 88.4 Å². The van der Waals surface area contributed by atoms with Crippen LogP contribution in [0.15, 0.2) is 147 Å². The second-order valence-electron chi connectivity index (χ2n) is 15.2. The van der Waals surface area contributed by atoms with Gasteiger partial charge in [-0.25, -0.2) is 28.8 Å². The Balaban J connectivity index is -0.000000888. The number of amides is 2. The fourth-order valence-electron chi connectivity index (χ4n) is 3.95. The molecule has 0 radical (unpaired) electrons. The highest BCUT2D eigenvalue weighted by atomic mass is 16.6. The van der Waals surface area contributed by atoms with E-state index >= 15 is 0 Å². The third kappa shape index (κ3) is 43.2. The first kappa shape index (κ1) is 67.4. The minimum absolute atomic E-state index is 0.0391. The lowest BCUT2D eigenvalue weighted by Gasteiger charge is -2.12. The summed E-state index contributed by atoms with van der Waals surface area (Å²) in [5.41, 5.74) is 3.12. The van der Waals surface area contributed by atoms with Gasteiger partial charge in [0.15, 0.2) is 0 Å². The van der Waals surface area contributed by atoms with Crippen molar-refractivity contribution in [1.82, 2.24) is 10.6 Å². The molecule has 0 aromatic heterocycles. The summed E-state index contributed by atoms with van der Waals surface area (Å²) in [7, 11) is 0. The van der Waals surface area contributed by atoms with Crippen LogP contribution in [-0.2, 0) is 66.8 Å². The van der Waals surface area contributed by atoms with Crippen molar-refractivity contribution < 1.29 is 66.8 Å². The van der Waals surface area contributed by atoms with Crippen LogP contribution in [0.5, 0.6) is 0 Å². The van der Waals surface area contributed by atoms with Crippen LogP contribution < -0.4 is 10.6 Å². The highest BCUT2D eigenvalue weighted by Gasteiger charge is 2.12. The molecular formula is C55H74N2O14. The Morgan fingerprint density at radius 1 is 0.465 bits per heavy atom. The normalized spacial score (nSPS) is 9.79. The molecule has 2 N–H and O–H groups in total. The maximum absolute atomic E-state index is 11.7. The molecule has 0 fully saturated rings. The Bertz CT molecular complexity index is 1950. The number of hydrogen-bond acceptors (Lipinski definition) is 14. The fourth-order valence-corrected chi connectivity index (χ4v) is 3.95.